The lowest BCUT2D eigenvalue weighted by Crippen LogP contribution is -2.14. The molecule has 1 aromatic carbocycles. The summed E-state index contributed by atoms with van der Waals surface area (Å²) in [6.45, 7) is 3.56. The van der Waals surface area contributed by atoms with E-state index in [0.29, 0.717) is 11.3 Å². The Morgan fingerprint density at radius 2 is 2.12 bits per heavy atom. The highest BCUT2D eigenvalue weighted by Gasteiger charge is 2.11. The van der Waals surface area contributed by atoms with Crippen molar-refractivity contribution in [2.45, 2.75) is 13.8 Å². The van der Waals surface area contributed by atoms with E-state index in [0.717, 1.165) is 5.56 Å². The Morgan fingerprint density at radius 1 is 1.35 bits per heavy atom. The highest BCUT2D eigenvalue weighted by Crippen LogP contribution is 2.25. The van der Waals surface area contributed by atoms with E-state index in [9.17, 15) is 9.90 Å². The summed E-state index contributed by atoms with van der Waals surface area (Å²) in [4.78, 5) is 15.5. The molecule has 0 bridgehead atoms. The molecule has 0 saturated heterocycles. The minimum atomic E-state index is -0.365. The van der Waals surface area contributed by atoms with Crippen molar-refractivity contribution in [2.24, 2.45) is 0 Å². The van der Waals surface area contributed by atoms with Gasteiger partial charge in [0.2, 0.25) is 5.82 Å². The predicted octanol–water partition coefficient (Wildman–Crippen LogP) is 1.38. The van der Waals surface area contributed by atoms with Crippen LogP contribution < -0.4 is 5.32 Å². The fourth-order valence-electron chi connectivity index (χ4n) is 1.43. The highest BCUT2D eigenvalue weighted by atomic mass is 16.3. The first-order valence-corrected chi connectivity index (χ1v) is 5.05. The van der Waals surface area contributed by atoms with Crippen LogP contribution in [0.3, 0.4) is 0 Å². The zero-order valence-corrected chi connectivity index (χ0v) is 9.48. The second-order valence-electron chi connectivity index (χ2n) is 3.74. The largest absolute Gasteiger partial charge is 0.508 e. The number of carbonyl (C=O) groups is 1. The van der Waals surface area contributed by atoms with Crippen molar-refractivity contribution in [3.8, 4) is 5.75 Å². The number of aromatic nitrogens is 3. The van der Waals surface area contributed by atoms with Gasteiger partial charge in [0.15, 0.2) is 0 Å². The molecule has 88 valence electrons. The van der Waals surface area contributed by atoms with Crippen LogP contribution in [0.5, 0.6) is 5.75 Å². The molecule has 1 aromatic heterocycles. The highest BCUT2D eigenvalue weighted by molar-refractivity contribution is 6.01. The van der Waals surface area contributed by atoms with Crippen LogP contribution in [0.1, 0.15) is 21.7 Å². The Morgan fingerprint density at radius 3 is 2.76 bits per heavy atom. The molecule has 0 atom stereocenters. The van der Waals surface area contributed by atoms with Gasteiger partial charge in [-0.2, -0.15) is 5.10 Å². The molecule has 0 unspecified atom stereocenters. The molecule has 0 radical (unpaired) electrons. The molecule has 6 nitrogen and oxygen atoms in total. The fourth-order valence-corrected chi connectivity index (χ4v) is 1.43. The standard InChI is InChI=1S/C11H12N4O2/c1-6-4-9(16)7(2)3-8(6)14-11(17)10-12-5-13-15-10/h3-5,16H,1-2H3,(H,14,17)(H,12,13,15). The second kappa shape index (κ2) is 4.25. The Hall–Kier alpha value is -2.37. The predicted molar refractivity (Wildman–Crippen MR) is 61.9 cm³/mol. The molecule has 0 fully saturated rings. The van der Waals surface area contributed by atoms with E-state index in [-0.39, 0.29) is 17.5 Å². The summed E-state index contributed by atoms with van der Waals surface area (Å²) in [7, 11) is 0. The number of benzene rings is 1. The van der Waals surface area contributed by atoms with Gasteiger partial charge in [-0.15, -0.1) is 0 Å². The number of hydrogen-bond acceptors (Lipinski definition) is 4. The van der Waals surface area contributed by atoms with E-state index < -0.39 is 0 Å². The Labute approximate surface area is 97.7 Å². The van der Waals surface area contributed by atoms with Gasteiger partial charge in [0, 0.05) is 5.69 Å². The average Bonchev–Trinajstić information content (AvgIpc) is 2.79. The molecule has 17 heavy (non-hydrogen) atoms. The van der Waals surface area contributed by atoms with Crippen molar-refractivity contribution in [2.75, 3.05) is 5.32 Å². The maximum Gasteiger partial charge on any atom is 0.292 e. The van der Waals surface area contributed by atoms with E-state index in [2.05, 4.69) is 20.5 Å². The van der Waals surface area contributed by atoms with Crippen LogP contribution in [0.2, 0.25) is 0 Å². The number of H-pyrrole nitrogens is 1. The van der Waals surface area contributed by atoms with Crippen LogP contribution in [0, 0.1) is 13.8 Å². The summed E-state index contributed by atoms with van der Waals surface area (Å²) in [6.07, 6.45) is 1.27. The second-order valence-corrected chi connectivity index (χ2v) is 3.74. The quantitative estimate of drug-likeness (QED) is 0.682. The maximum atomic E-state index is 11.7. The third kappa shape index (κ3) is 2.25. The normalized spacial score (nSPS) is 10.2. The lowest BCUT2D eigenvalue weighted by atomic mass is 10.1. The van der Waals surface area contributed by atoms with E-state index in [4.69, 9.17) is 0 Å². The van der Waals surface area contributed by atoms with Crippen LogP contribution in [-0.4, -0.2) is 26.2 Å². The minimum Gasteiger partial charge on any atom is -0.508 e. The molecule has 0 saturated carbocycles. The molecule has 1 heterocycles. The van der Waals surface area contributed by atoms with Crippen molar-refractivity contribution in [1.82, 2.24) is 15.2 Å². The van der Waals surface area contributed by atoms with Crippen molar-refractivity contribution < 1.29 is 9.90 Å². The lowest BCUT2D eigenvalue weighted by molar-refractivity contribution is 0.101. The summed E-state index contributed by atoms with van der Waals surface area (Å²) in [5.74, 6) is -0.00835. The molecule has 0 aliphatic heterocycles. The van der Waals surface area contributed by atoms with E-state index in [1.54, 1.807) is 26.0 Å². The monoisotopic (exact) mass is 232 g/mol. The van der Waals surface area contributed by atoms with Gasteiger partial charge in [-0.1, -0.05) is 0 Å². The Bertz CT molecular complexity index is 549. The summed E-state index contributed by atoms with van der Waals surface area (Å²) in [5.41, 5.74) is 2.12. The average molecular weight is 232 g/mol. The van der Waals surface area contributed by atoms with Gasteiger partial charge in [0.1, 0.15) is 12.1 Å². The van der Waals surface area contributed by atoms with Crippen molar-refractivity contribution in [1.29, 1.82) is 0 Å². The zero-order valence-electron chi connectivity index (χ0n) is 9.48. The zero-order chi connectivity index (χ0) is 12.4. The first-order valence-electron chi connectivity index (χ1n) is 5.05. The summed E-state index contributed by atoms with van der Waals surface area (Å²) < 4.78 is 0. The molecule has 6 heteroatoms. The van der Waals surface area contributed by atoms with Crippen LogP contribution in [0.25, 0.3) is 0 Å². The number of amides is 1. The number of hydrogen-bond donors (Lipinski definition) is 3. The van der Waals surface area contributed by atoms with Crippen LogP contribution in [0.4, 0.5) is 5.69 Å². The molecular formula is C11H12N4O2. The molecular weight excluding hydrogens is 220 g/mol. The summed E-state index contributed by atoms with van der Waals surface area (Å²) in [6, 6.07) is 3.31. The third-order valence-corrected chi connectivity index (χ3v) is 2.42. The molecule has 2 rings (SSSR count). The Kier molecular flexibility index (Phi) is 2.78. The lowest BCUT2D eigenvalue weighted by Gasteiger charge is -2.09. The van der Waals surface area contributed by atoms with Crippen LogP contribution >= 0.6 is 0 Å². The number of aryl methyl sites for hydroxylation is 2. The van der Waals surface area contributed by atoms with Gasteiger partial charge < -0.3 is 10.4 Å². The van der Waals surface area contributed by atoms with Gasteiger partial charge >= 0.3 is 0 Å². The number of nitrogens with zero attached hydrogens (tertiary/aromatic N) is 2. The maximum absolute atomic E-state index is 11.7. The third-order valence-electron chi connectivity index (χ3n) is 2.42. The van der Waals surface area contributed by atoms with Crippen molar-refractivity contribution >= 4 is 11.6 Å². The number of phenols is 1. The van der Waals surface area contributed by atoms with Gasteiger partial charge in [-0.3, -0.25) is 9.89 Å². The van der Waals surface area contributed by atoms with Gasteiger partial charge in [0.25, 0.3) is 5.91 Å². The Balaban J connectivity index is 2.25. The number of nitrogens with one attached hydrogen (secondary N) is 2. The first kappa shape index (κ1) is 11.1. The minimum absolute atomic E-state index is 0.148. The fraction of sp³-hybridized carbons (Fsp3) is 0.182. The molecule has 0 aliphatic carbocycles. The SMILES string of the molecule is Cc1cc(NC(=O)c2ncn[nH]2)c(C)cc1O. The molecule has 2 aromatic rings. The molecule has 0 spiro atoms. The molecule has 0 aliphatic rings. The van der Waals surface area contributed by atoms with Crippen molar-refractivity contribution in [3.63, 3.8) is 0 Å². The summed E-state index contributed by atoms with van der Waals surface area (Å²) >= 11 is 0. The smallest absolute Gasteiger partial charge is 0.292 e. The topological polar surface area (TPSA) is 90.9 Å². The van der Waals surface area contributed by atoms with Crippen LogP contribution in [-0.2, 0) is 0 Å². The number of carbonyl (C=O) groups excluding carboxylic acids is 1. The number of aromatic amines is 1. The number of anilines is 1. The van der Waals surface area contributed by atoms with E-state index >= 15 is 0 Å². The van der Waals surface area contributed by atoms with Gasteiger partial charge in [-0.25, -0.2) is 4.98 Å². The molecule has 3 N–H and O–H groups in total. The molecule has 1 amide bonds. The number of phenolic OH excluding ortho intramolecular Hbond substituents is 1. The number of rotatable bonds is 2. The van der Waals surface area contributed by atoms with Crippen LogP contribution in [0.15, 0.2) is 18.5 Å². The first-order chi connectivity index (χ1) is 8.08. The number of aromatic hydroxyl groups is 1. The van der Waals surface area contributed by atoms with Crippen molar-refractivity contribution in [3.05, 3.63) is 35.4 Å². The van der Waals surface area contributed by atoms with Gasteiger partial charge in [-0.05, 0) is 37.1 Å². The van der Waals surface area contributed by atoms with Gasteiger partial charge in [0.05, 0.1) is 0 Å². The van der Waals surface area contributed by atoms with E-state index in [1.807, 2.05) is 0 Å². The van der Waals surface area contributed by atoms with E-state index in [1.165, 1.54) is 6.33 Å². The summed E-state index contributed by atoms with van der Waals surface area (Å²) in [5, 5.41) is 18.3.